The van der Waals surface area contributed by atoms with E-state index in [2.05, 4.69) is 25.8 Å². The predicted molar refractivity (Wildman–Crippen MR) is 128 cm³/mol. The van der Waals surface area contributed by atoms with Gasteiger partial charge in [-0.15, -0.1) is 21.5 Å². The smallest absolute Gasteiger partial charge is 0.261 e. The van der Waals surface area contributed by atoms with Crippen LogP contribution >= 0.6 is 11.3 Å². The molecule has 11 heteroatoms. The summed E-state index contributed by atoms with van der Waals surface area (Å²) in [6.45, 7) is 4.12. The van der Waals surface area contributed by atoms with Crippen LogP contribution in [0.15, 0.2) is 52.3 Å². The average Bonchev–Trinajstić information content (AvgIpc) is 3.56. The Balaban J connectivity index is 1.39. The van der Waals surface area contributed by atoms with E-state index in [9.17, 15) is 9.59 Å². The SMILES string of the molecule is Cc1csc(NC(=O)c2cc(Oc3ccc(-c4nnc(C)o4)cc3)cc(O[C@H]3CCNC3=O)c2)n1. The van der Waals surface area contributed by atoms with E-state index >= 15 is 0 Å². The Morgan fingerprint density at radius 3 is 2.57 bits per heavy atom. The maximum absolute atomic E-state index is 12.9. The van der Waals surface area contributed by atoms with E-state index < -0.39 is 6.10 Å². The minimum atomic E-state index is -0.625. The highest BCUT2D eigenvalue weighted by Crippen LogP contribution is 2.31. The Morgan fingerprint density at radius 2 is 1.91 bits per heavy atom. The van der Waals surface area contributed by atoms with Crippen molar-refractivity contribution >= 4 is 28.3 Å². The first kappa shape index (κ1) is 22.5. The topological polar surface area (TPSA) is 128 Å². The van der Waals surface area contributed by atoms with Crippen LogP contribution in [0.5, 0.6) is 17.2 Å². The molecule has 35 heavy (non-hydrogen) atoms. The minimum Gasteiger partial charge on any atom is -0.480 e. The number of amides is 2. The lowest BCUT2D eigenvalue weighted by molar-refractivity contribution is -0.124. The number of anilines is 1. The summed E-state index contributed by atoms with van der Waals surface area (Å²) >= 11 is 1.34. The highest BCUT2D eigenvalue weighted by molar-refractivity contribution is 7.13. The predicted octanol–water partition coefficient (Wildman–Crippen LogP) is 4.12. The largest absolute Gasteiger partial charge is 0.480 e. The first-order valence-corrected chi connectivity index (χ1v) is 11.7. The molecule has 4 aromatic rings. The van der Waals surface area contributed by atoms with Crippen molar-refractivity contribution in [1.82, 2.24) is 20.5 Å². The molecule has 0 radical (unpaired) electrons. The molecular formula is C24H21N5O5S. The third-order valence-electron chi connectivity index (χ3n) is 5.12. The Morgan fingerprint density at radius 1 is 1.11 bits per heavy atom. The Labute approximate surface area is 204 Å². The van der Waals surface area contributed by atoms with Crippen LogP contribution < -0.4 is 20.1 Å². The van der Waals surface area contributed by atoms with Gasteiger partial charge in [-0.3, -0.25) is 14.9 Å². The van der Waals surface area contributed by atoms with Crippen LogP contribution in [0.4, 0.5) is 5.13 Å². The first-order valence-electron chi connectivity index (χ1n) is 10.8. The third-order valence-corrected chi connectivity index (χ3v) is 6.00. The molecule has 1 aliphatic heterocycles. The van der Waals surface area contributed by atoms with Gasteiger partial charge < -0.3 is 19.2 Å². The quantitative estimate of drug-likeness (QED) is 0.395. The van der Waals surface area contributed by atoms with Gasteiger partial charge in [-0.25, -0.2) is 4.98 Å². The van der Waals surface area contributed by atoms with E-state index in [0.29, 0.717) is 52.7 Å². The zero-order valence-corrected chi connectivity index (χ0v) is 19.7. The molecule has 3 heterocycles. The lowest BCUT2D eigenvalue weighted by Crippen LogP contribution is -2.27. The van der Waals surface area contributed by atoms with Gasteiger partial charge in [0, 0.05) is 42.5 Å². The van der Waals surface area contributed by atoms with Crippen molar-refractivity contribution in [2.24, 2.45) is 0 Å². The fourth-order valence-electron chi connectivity index (χ4n) is 3.47. The molecule has 178 valence electrons. The van der Waals surface area contributed by atoms with Crippen LogP contribution in [0, 0.1) is 13.8 Å². The van der Waals surface area contributed by atoms with Crippen LogP contribution in [0.1, 0.15) is 28.4 Å². The Kier molecular flexibility index (Phi) is 6.15. The van der Waals surface area contributed by atoms with Gasteiger partial charge in [0.15, 0.2) is 11.2 Å². The fourth-order valence-corrected chi connectivity index (χ4v) is 4.16. The van der Waals surface area contributed by atoms with E-state index in [1.807, 2.05) is 12.3 Å². The van der Waals surface area contributed by atoms with Crippen molar-refractivity contribution < 1.29 is 23.5 Å². The number of thiazole rings is 1. The molecule has 2 N–H and O–H groups in total. The molecule has 5 rings (SSSR count). The highest BCUT2D eigenvalue weighted by atomic mass is 32.1. The number of aromatic nitrogens is 3. The van der Waals surface area contributed by atoms with Gasteiger partial charge >= 0.3 is 0 Å². The molecule has 10 nitrogen and oxygen atoms in total. The number of carbonyl (C=O) groups is 2. The Hall–Kier alpha value is -4.25. The van der Waals surface area contributed by atoms with Gasteiger partial charge in [0.1, 0.15) is 17.2 Å². The van der Waals surface area contributed by atoms with Crippen LogP contribution in [-0.2, 0) is 4.79 Å². The molecule has 1 saturated heterocycles. The summed E-state index contributed by atoms with van der Waals surface area (Å²) in [6, 6.07) is 11.9. The zero-order valence-electron chi connectivity index (χ0n) is 18.9. The van der Waals surface area contributed by atoms with Crippen LogP contribution in [0.25, 0.3) is 11.5 Å². The van der Waals surface area contributed by atoms with Crippen molar-refractivity contribution in [2.75, 3.05) is 11.9 Å². The summed E-state index contributed by atoms with van der Waals surface area (Å²) < 4.78 is 17.3. The number of hydrogen-bond donors (Lipinski definition) is 2. The number of nitrogens with zero attached hydrogens (tertiary/aromatic N) is 3. The van der Waals surface area contributed by atoms with E-state index in [-0.39, 0.29) is 11.8 Å². The second kappa shape index (κ2) is 9.55. The van der Waals surface area contributed by atoms with Gasteiger partial charge in [0.2, 0.25) is 11.8 Å². The van der Waals surface area contributed by atoms with Gasteiger partial charge in [0.05, 0.1) is 5.69 Å². The molecule has 2 aromatic heterocycles. The molecule has 1 atom stereocenters. The van der Waals surface area contributed by atoms with Crippen molar-refractivity contribution in [1.29, 1.82) is 0 Å². The first-order chi connectivity index (χ1) is 16.9. The summed E-state index contributed by atoms with van der Waals surface area (Å²) in [7, 11) is 0. The molecule has 0 aliphatic carbocycles. The fraction of sp³-hybridized carbons (Fsp3) is 0.208. The maximum atomic E-state index is 12.9. The second-order valence-corrected chi connectivity index (χ2v) is 8.74. The molecule has 1 fully saturated rings. The average molecular weight is 492 g/mol. The third kappa shape index (κ3) is 5.30. The molecule has 2 aromatic carbocycles. The number of carbonyl (C=O) groups excluding carboxylic acids is 2. The number of ether oxygens (including phenoxy) is 2. The number of benzene rings is 2. The summed E-state index contributed by atoms with van der Waals surface area (Å²) in [4.78, 5) is 29.2. The molecule has 0 spiro atoms. The van der Waals surface area contributed by atoms with Crippen LogP contribution in [0.2, 0.25) is 0 Å². The molecule has 1 aliphatic rings. The van der Waals surface area contributed by atoms with E-state index in [1.54, 1.807) is 49.4 Å². The van der Waals surface area contributed by atoms with Crippen molar-refractivity contribution in [3.63, 3.8) is 0 Å². The van der Waals surface area contributed by atoms with Gasteiger partial charge in [0.25, 0.3) is 11.8 Å². The summed E-state index contributed by atoms with van der Waals surface area (Å²) in [6.07, 6.45) is -0.0830. The summed E-state index contributed by atoms with van der Waals surface area (Å²) in [5.41, 5.74) is 1.88. The van der Waals surface area contributed by atoms with Crippen molar-refractivity contribution in [2.45, 2.75) is 26.4 Å². The lowest BCUT2D eigenvalue weighted by atomic mass is 10.1. The number of hydrogen-bond acceptors (Lipinski definition) is 9. The number of nitrogens with one attached hydrogen (secondary N) is 2. The van der Waals surface area contributed by atoms with Crippen molar-refractivity contribution in [3.05, 3.63) is 65.0 Å². The standard InChI is InChI=1S/C24H21N5O5S/c1-13-12-35-24(26-13)27-21(30)16-9-18(11-19(10-16)34-20-7-8-25-22(20)31)33-17-5-3-15(4-6-17)23-29-28-14(2)32-23/h3-6,9-12,20H,7-8H2,1-2H3,(H,25,31)(H,26,27,30)/t20-/m0/s1. The van der Waals surface area contributed by atoms with Crippen LogP contribution in [0.3, 0.4) is 0 Å². The molecule has 2 amide bonds. The van der Waals surface area contributed by atoms with Gasteiger partial charge in [-0.05, 0) is 43.3 Å². The van der Waals surface area contributed by atoms with E-state index in [1.165, 1.54) is 11.3 Å². The molecule has 0 unspecified atom stereocenters. The summed E-state index contributed by atoms with van der Waals surface area (Å²) in [5.74, 6) is 1.59. The van der Waals surface area contributed by atoms with Crippen molar-refractivity contribution in [3.8, 4) is 28.7 Å². The minimum absolute atomic E-state index is 0.188. The zero-order chi connectivity index (χ0) is 24.4. The highest BCUT2D eigenvalue weighted by Gasteiger charge is 2.26. The van der Waals surface area contributed by atoms with E-state index in [0.717, 1.165) is 11.3 Å². The summed E-state index contributed by atoms with van der Waals surface area (Å²) in [5, 5.41) is 15.7. The monoisotopic (exact) mass is 491 g/mol. The maximum Gasteiger partial charge on any atom is 0.261 e. The normalized spacial score (nSPS) is 15.0. The molecule has 0 bridgehead atoms. The van der Waals surface area contributed by atoms with Gasteiger partial charge in [-0.1, -0.05) is 0 Å². The number of aryl methyl sites for hydroxylation is 2. The lowest BCUT2D eigenvalue weighted by Gasteiger charge is -2.14. The number of rotatable bonds is 7. The Bertz CT molecular complexity index is 1380. The van der Waals surface area contributed by atoms with E-state index in [4.69, 9.17) is 13.9 Å². The molecule has 0 saturated carbocycles. The molecular weight excluding hydrogens is 470 g/mol. The second-order valence-electron chi connectivity index (χ2n) is 7.88. The van der Waals surface area contributed by atoms with Crippen LogP contribution in [-0.4, -0.2) is 39.6 Å². The van der Waals surface area contributed by atoms with Gasteiger partial charge in [-0.2, -0.15) is 0 Å².